The van der Waals surface area contributed by atoms with Crippen LogP contribution < -0.4 is 5.32 Å². The lowest BCUT2D eigenvalue weighted by Crippen LogP contribution is -2.42. The third-order valence-electron chi connectivity index (χ3n) is 4.71. The van der Waals surface area contributed by atoms with Crippen LogP contribution in [-0.4, -0.2) is 36.6 Å². The maximum absolute atomic E-state index is 3.84. The predicted octanol–water partition coefficient (Wildman–Crippen LogP) is 2.49. The van der Waals surface area contributed by atoms with E-state index in [-0.39, 0.29) is 0 Å². The first kappa shape index (κ1) is 12.4. The van der Waals surface area contributed by atoms with Crippen molar-refractivity contribution in [1.82, 2.24) is 10.2 Å². The van der Waals surface area contributed by atoms with Gasteiger partial charge in [-0.15, -0.1) is 0 Å². The fourth-order valence-corrected chi connectivity index (χ4v) is 3.15. The smallest absolute Gasteiger partial charge is 0.0102 e. The second-order valence-corrected chi connectivity index (χ2v) is 5.74. The molecular weight excluding hydrogens is 196 g/mol. The van der Waals surface area contributed by atoms with Gasteiger partial charge in [-0.1, -0.05) is 20.3 Å². The van der Waals surface area contributed by atoms with Crippen molar-refractivity contribution in [2.24, 2.45) is 11.8 Å². The molecule has 1 aliphatic heterocycles. The molecule has 16 heavy (non-hydrogen) atoms. The van der Waals surface area contributed by atoms with Crippen molar-refractivity contribution in [2.75, 3.05) is 19.6 Å². The van der Waals surface area contributed by atoms with Crippen LogP contribution in [0.1, 0.15) is 46.5 Å². The van der Waals surface area contributed by atoms with Gasteiger partial charge >= 0.3 is 0 Å². The van der Waals surface area contributed by atoms with Gasteiger partial charge < -0.3 is 10.2 Å². The highest BCUT2D eigenvalue weighted by atomic mass is 15.1. The molecule has 0 amide bonds. The Kier molecular flexibility index (Phi) is 4.26. The summed E-state index contributed by atoms with van der Waals surface area (Å²) in [6.07, 6.45) is 5.57. The van der Waals surface area contributed by atoms with Gasteiger partial charge in [-0.25, -0.2) is 0 Å². The minimum Gasteiger partial charge on any atom is -0.311 e. The minimum absolute atomic E-state index is 0.737. The van der Waals surface area contributed by atoms with Gasteiger partial charge in [-0.05, 0) is 57.7 Å². The average molecular weight is 224 g/mol. The van der Waals surface area contributed by atoms with Gasteiger partial charge in [-0.2, -0.15) is 0 Å². The van der Waals surface area contributed by atoms with Crippen molar-refractivity contribution in [3.63, 3.8) is 0 Å². The van der Waals surface area contributed by atoms with E-state index in [1.54, 1.807) is 0 Å². The number of hydrogen-bond donors (Lipinski definition) is 1. The summed E-state index contributed by atoms with van der Waals surface area (Å²) < 4.78 is 0. The molecule has 2 nitrogen and oxygen atoms in total. The van der Waals surface area contributed by atoms with Crippen molar-refractivity contribution in [2.45, 2.75) is 58.5 Å². The van der Waals surface area contributed by atoms with Crippen molar-refractivity contribution in [3.8, 4) is 0 Å². The number of likely N-dealkylation sites (tertiary alicyclic amines) is 1. The van der Waals surface area contributed by atoms with Crippen LogP contribution in [0.25, 0.3) is 0 Å². The SMILES string of the molecule is CCC1CC1NC(C)C1CCN(CC)CC1. The van der Waals surface area contributed by atoms with E-state index in [9.17, 15) is 0 Å². The molecule has 1 N–H and O–H groups in total. The van der Waals surface area contributed by atoms with Gasteiger partial charge in [0.25, 0.3) is 0 Å². The third-order valence-corrected chi connectivity index (χ3v) is 4.71. The molecule has 1 saturated carbocycles. The Bertz CT molecular complexity index is 209. The molecular formula is C14H28N2. The van der Waals surface area contributed by atoms with Gasteiger partial charge in [0, 0.05) is 12.1 Å². The van der Waals surface area contributed by atoms with E-state index in [0.29, 0.717) is 0 Å². The minimum atomic E-state index is 0.737. The first-order valence-corrected chi connectivity index (χ1v) is 7.23. The summed E-state index contributed by atoms with van der Waals surface area (Å²) in [4.78, 5) is 2.58. The van der Waals surface area contributed by atoms with E-state index < -0.39 is 0 Å². The normalized spacial score (nSPS) is 33.9. The number of piperidine rings is 1. The number of rotatable bonds is 5. The molecule has 2 heteroatoms. The maximum Gasteiger partial charge on any atom is 0.0102 e. The van der Waals surface area contributed by atoms with Crippen LogP contribution in [0.2, 0.25) is 0 Å². The quantitative estimate of drug-likeness (QED) is 0.772. The van der Waals surface area contributed by atoms with E-state index in [4.69, 9.17) is 0 Å². The highest BCUT2D eigenvalue weighted by Crippen LogP contribution is 2.34. The molecule has 0 radical (unpaired) electrons. The summed E-state index contributed by atoms with van der Waals surface area (Å²) in [5.41, 5.74) is 0. The van der Waals surface area contributed by atoms with Crippen LogP contribution in [0.5, 0.6) is 0 Å². The summed E-state index contributed by atoms with van der Waals surface area (Å²) in [5.74, 6) is 1.90. The Morgan fingerprint density at radius 3 is 2.44 bits per heavy atom. The molecule has 0 bridgehead atoms. The van der Waals surface area contributed by atoms with Gasteiger partial charge in [0.2, 0.25) is 0 Å². The lowest BCUT2D eigenvalue weighted by molar-refractivity contribution is 0.168. The fourth-order valence-electron chi connectivity index (χ4n) is 3.15. The molecule has 3 atom stereocenters. The number of nitrogens with one attached hydrogen (secondary N) is 1. The van der Waals surface area contributed by atoms with Gasteiger partial charge in [0.1, 0.15) is 0 Å². The van der Waals surface area contributed by atoms with Crippen molar-refractivity contribution in [3.05, 3.63) is 0 Å². The molecule has 0 aromatic carbocycles. The molecule has 0 spiro atoms. The molecule has 2 rings (SSSR count). The van der Waals surface area contributed by atoms with Gasteiger partial charge in [-0.3, -0.25) is 0 Å². The summed E-state index contributed by atoms with van der Waals surface area (Å²) in [7, 11) is 0. The topological polar surface area (TPSA) is 15.3 Å². The highest BCUT2D eigenvalue weighted by molar-refractivity contribution is 4.94. The third kappa shape index (κ3) is 2.98. The molecule has 2 fully saturated rings. The summed E-state index contributed by atoms with van der Waals surface area (Å²) in [6.45, 7) is 10.9. The van der Waals surface area contributed by atoms with Gasteiger partial charge in [0.05, 0.1) is 0 Å². The lowest BCUT2D eigenvalue weighted by atomic mass is 9.90. The first-order chi connectivity index (χ1) is 7.74. The monoisotopic (exact) mass is 224 g/mol. The van der Waals surface area contributed by atoms with Crippen molar-refractivity contribution in [1.29, 1.82) is 0 Å². The molecule has 1 saturated heterocycles. The first-order valence-electron chi connectivity index (χ1n) is 7.23. The van der Waals surface area contributed by atoms with Crippen LogP contribution >= 0.6 is 0 Å². The molecule has 94 valence electrons. The van der Waals surface area contributed by atoms with Crippen molar-refractivity contribution >= 4 is 0 Å². The second kappa shape index (κ2) is 5.50. The Balaban J connectivity index is 1.68. The predicted molar refractivity (Wildman–Crippen MR) is 69.6 cm³/mol. The lowest BCUT2D eigenvalue weighted by Gasteiger charge is -2.34. The van der Waals surface area contributed by atoms with E-state index >= 15 is 0 Å². The fraction of sp³-hybridized carbons (Fsp3) is 1.00. The average Bonchev–Trinajstić information content (AvgIpc) is 3.07. The Morgan fingerprint density at radius 1 is 1.25 bits per heavy atom. The second-order valence-electron chi connectivity index (χ2n) is 5.74. The van der Waals surface area contributed by atoms with Crippen LogP contribution in [0.4, 0.5) is 0 Å². The van der Waals surface area contributed by atoms with Crippen LogP contribution in [0.3, 0.4) is 0 Å². The van der Waals surface area contributed by atoms with E-state index in [1.807, 2.05) is 0 Å². The molecule has 1 heterocycles. The standard InChI is InChI=1S/C14H28N2/c1-4-12-10-14(12)15-11(3)13-6-8-16(5-2)9-7-13/h11-15H,4-10H2,1-3H3. The van der Waals surface area contributed by atoms with Gasteiger partial charge in [0.15, 0.2) is 0 Å². The number of hydrogen-bond acceptors (Lipinski definition) is 2. The zero-order chi connectivity index (χ0) is 11.5. The number of nitrogens with zero attached hydrogens (tertiary/aromatic N) is 1. The molecule has 0 aromatic heterocycles. The summed E-state index contributed by atoms with van der Waals surface area (Å²) in [6, 6.07) is 1.59. The molecule has 0 aromatic rings. The zero-order valence-electron chi connectivity index (χ0n) is 11.2. The molecule has 1 aliphatic carbocycles. The zero-order valence-corrected chi connectivity index (χ0v) is 11.2. The molecule has 3 unspecified atom stereocenters. The maximum atomic E-state index is 3.84. The summed E-state index contributed by atoms with van der Waals surface area (Å²) in [5, 5.41) is 3.84. The Labute approximate surface area is 101 Å². The van der Waals surface area contributed by atoms with Crippen LogP contribution in [0, 0.1) is 11.8 Å². The summed E-state index contributed by atoms with van der Waals surface area (Å²) >= 11 is 0. The van der Waals surface area contributed by atoms with Crippen LogP contribution in [-0.2, 0) is 0 Å². The largest absolute Gasteiger partial charge is 0.311 e. The molecule has 2 aliphatic rings. The van der Waals surface area contributed by atoms with E-state index in [1.165, 1.54) is 45.3 Å². The van der Waals surface area contributed by atoms with Crippen molar-refractivity contribution < 1.29 is 0 Å². The van der Waals surface area contributed by atoms with E-state index in [0.717, 1.165) is 23.9 Å². The highest BCUT2D eigenvalue weighted by Gasteiger charge is 2.37. The van der Waals surface area contributed by atoms with Crippen LogP contribution in [0.15, 0.2) is 0 Å². The Morgan fingerprint density at radius 2 is 1.94 bits per heavy atom. The Hall–Kier alpha value is -0.0800. The van der Waals surface area contributed by atoms with E-state index in [2.05, 4.69) is 31.0 Å².